The Balaban J connectivity index is -0.000000327. The maximum absolute atomic E-state index is 9.13. The van der Waals surface area contributed by atoms with E-state index in [1.54, 1.807) is 12.4 Å². The maximum atomic E-state index is 9.13. The van der Waals surface area contributed by atoms with Gasteiger partial charge in [-0.25, -0.2) is 0 Å². The second kappa shape index (κ2) is 19.2. The quantitative estimate of drug-likeness (QED) is 0.380. The zero-order valence-corrected chi connectivity index (χ0v) is 14.8. The summed E-state index contributed by atoms with van der Waals surface area (Å²) in [6.45, 7) is -0.778. The van der Waals surface area contributed by atoms with Crippen molar-refractivity contribution in [2.45, 2.75) is 0 Å². The first-order chi connectivity index (χ1) is 12.2. The van der Waals surface area contributed by atoms with Gasteiger partial charge in [-0.1, -0.05) is 12.1 Å². The molecule has 2 aromatic rings. The van der Waals surface area contributed by atoms with Gasteiger partial charge in [-0.3, -0.25) is 9.97 Å². The fraction of sp³-hybridized carbons (Fsp3) is 0.143. The van der Waals surface area contributed by atoms with Crippen molar-refractivity contribution in [2.24, 2.45) is 11.5 Å². The molecule has 0 atom stereocenters. The summed E-state index contributed by atoms with van der Waals surface area (Å²) in [5.41, 5.74) is 10.8. The van der Waals surface area contributed by atoms with Gasteiger partial charge in [-0.2, -0.15) is 0 Å². The van der Waals surface area contributed by atoms with Gasteiger partial charge in [-0.15, -0.1) is 0 Å². The predicted octanol–water partition coefficient (Wildman–Crippen LogP) is -2.71. The number of nitrogens with zero attached hydrogens (tertiary/aromatic N) is 3. The number of pyridine rings is 2. The monoisotopic (exact) mass is 425 g/mol. The summed E-state index contributed by atoms with van der Waals surface area (Å²) in [6, 6.07) is 11.6. The van der Waals surface area contributed by atoms with Crippen LogP contribution in [0.1, 0.15) is 0 Å². The SMILES string of the molecule is NCC(=O)[O-].NCC(=O)[O-].O=[N+]([O-])[O-].[Co+3].c1ccc(-c2ccccn2)nc1. The Hall–Kier alpha value is -3.13. The van der Waals surface area contributed by atoms with Crippen molar-refractivity contribution in [1.82, 2.24) is 9.97 Å². The summed E-state index contributed by atoms with van der Waals surface area (Å²) in [7, 11) is 0. The summed E-state index contributed by atoms with van der Waals surface area (Å²) in [5.74, 6) is -2.44. The van der Waals surface area contributed by atoms with E-state index >= 15 is 0 Å². The minimum Gasteiger partial charge on any atom is -0.549 e. The van der Waals surface area contributed by atoms with E-state index in [0.29, 0.717) is 0 Å². The molecule has 0 aliphatic carbocycles. The summed E-state index contributed by atoms with van der Waals surface area (Å²) >= 11 is 0. The van der Waals surface area contributed by atoms with Gasteiger partial charge in [0.15, 0.2) is 0 Å². The molecule has 0 saturated heterocycles. The molecular weight excluding hydrogens is 409 g/mol. The van der Waals surface area contributed by atoms with Gasteiger partial charge in [0, 0.05) is 25.5 Å². The van der Waals surface area contributed by atoms with Crippen molar-refractivity contribution in [3.8, 4) is 11.4 Å². The van der Waals surface area contributed by atoms with Gasteiger partial charge >= 0.3 is 16.8 Å². The fourth-order valence-corrected chi connectivity index (χ4v) is 1.03. The van der Waals surface area contributed by atoms with Crippen LogP contribution in [0.3, 0.4) is 0 Å². The van der Waals surface area contributed by atoms with E-state index in [9.17, 15) is 0 Å². The topological polar surface area (TPSA) is 224 Å². The third kappa shape index (κ3) is 22.9. The first-order valence-electron chi connectivity index (χ1n) is 6.68. The van der Waals surface area contributed by atoms with E-state index in [1.165, 1.54) is 0 Å². The molecule has 0 bridgehead atoms. The van der Waals surface area contributed by atoms with Gasteiger partial charge < -0.3 is 46.6 Å². The minimum atomic E-state index is -1.75. The molecule has 0 aromatic carbocycles. The molecule has 0 radical (unpaired) electrons. The van der Waals surface area contributed by atoms with Crippen LogP contribution in [-0.4, -0.2) is 40.1 Å². The van der Waals surface area contributed by atoms with E-state index in [1.807, 2.05) is 36.4 Å². The van der Waals surface area contributed by atoms with E-state index in [-0.39, 0.29) is 29.9 Å². The van der Waals surface area contributed by atoms with Crippen molar-refractivity contribution >= 4 is 11.9 Å². The molecule has 0 saturated carbocycles. The summed E-state index contributed by atoms with van der Waals surface area (Å²) in [4.78, 5) is 34.9. The number of hydrogen-bond acceptors (Lipinski definition) is 11. The van der Waals surface area contributed by atoms with E-state index < -0.39 is 17.0 Å². The molecule has 27 heavy (non-hydrogen) atoms. The molecule has 12 nitrogen and oxygen atoms in total. The van der Waals surface area contributed by atoms with Gasteiger partial charge in [0.05, 0.1) is 28.4 Å². The number of aromatic nitrogens is 2. The van der Waals surface area contributed by atoms with Gasteiger partial charge in [-0.05, 0) is 24.3 Å². The van der Waals surface area contributed by atoms with Crippen molar-refractivity contribution in [1.29, 1.82) is 0 Å². The Kier molecular flexibility index (Phi) is 20.4. The van der Waals surface area contributed by atoms with Crippen LogP contribution < -0.4 is 21.7 Å². The average Bonchev–Trinajstić information content (AvgIpc) is 2.63. The molecule has 2 heterocycles. The predicted molar refractivity (Wildman–Crippen MR) is 86.0 cm³/mol. The Morgan fingerprint density at radius 1 is 0.852 bits per heavy atom. The van der Waals surface area contributed by atoms with Crippen LogP contribution in [0.15, 0.2) is 48.8 Å². The summed E-state index contributed by atoms with van der Waals surface area (Å²) in [5, 5.41) is 33.0. The van der Waals surface area contributed by atoms with Crippen LogP contribution in [0.4, 0.5) is 0 Å². The normalized spacial score (nSPS) is 7.93. The standard InChI is InChI=1S/C10H8N2.2C2H5NO2.Co.NO3/c1-3-7-11-9(5-1)10-6-2-4-8-12-10;2*3-1-2(4)5;;2-1(3)4/h1-8H;2*1,3H2,(H,4,5);;/q;;;+3;-1/p-2. The molecule has 0 aliphatic heterocycles. The summed E-state index contributed by atoms with van der Waals surface area (Å²) in [6.07, 6.45) is 3.54. The Morgan fingerprint density at radius 2 is 1.11 bits per heavy atom. The Bertz CT molecular complexity index is 591. The molecule has 4 N–H and O–H groups in total. The first kappa shape index (κ1) is 28.7. The van der Waals surface area contributed by atoms with Crippen LogP contribution in [0.5, 0.6) is 0 Å². The molecule has 2 rings (SSSR count). The molecule has 0 unspecified atom stereocenters. The van der Waals surface area contributed by atoms with Crippen LogP contribution in [0.2, 0.25) is 0 Å². The molecule has 2 aromatic heterocycles. The van der Waals surface area contributed by atoms with E-state index in [4.69, 9.17) is 35.1 Å². The average molecular weight is 425 g/mol. The van der Waals surface area contributed by atoms with Crippen LogP contribution >= 0.6 is 0 Å². The van der Waals surface area contributed by atoms with Crippen molar-refractivity contribution in [3.05, 3.63) is 64.1 Å². The van der Waals surface area contributed by atoms with Crippen molar-refractivity contribution in [2.75, 3.05) is 13.1 Å². The maximum Gasteiger partial charge on any atom is 3.00 e. The number of nitrogens with two attached hydrogens (primary N) is 2. The molecular formula is C14H16CoN5O7. The number of carbonyl (C=O) groups excluding carboxylic acids is 2. The molecule has 0 fully saturated rings. The Morgan fingerprint density at radius 3 is 1.26 bits per heavy atom. The smallest absolute Gasteiger partial charge is 0.549 e. The van der Waals surface area contributed by atoms with Crippen molar-refractivity contribution < 1.29 is 41.7 Å². The zero-order chi connectivity index (χ0) is 20.4. The molecule has 0 amide bonds. The number of carboxylic acids is 2. The zero-order valence-electron chi connectivity index (χ0n) is 13.7. The number of rotatable bonds is 3. The van der Waals surface area contributed by atoms with Crippen molar-refractivity contribution in [3.63, 3.8) is 0 Å². The number of carboxylic acid groups (broad SMARTS) is 2. The van der Waals surface area contributed by atoms with Gasteiger partial charge in [0.2, 0.25) is 0 Å². The van der Waals surface area contributed by atoms with E-state index in [2.05, 4.69) is 21.4 Å². The molecule has 0 spiro atoms. The minimum absolute atomic E-state index is 0. The molecule has 0 aliphatic rings. The third-order valence-corrected chi connectivity index (χ3v) is 1.93. The fourth-order valence-electron chi connectivity index (χ4n) is 1.03. The molecule has 148 valence electrons. The van der Waals surface area contributed by atoms with Gasteiger partial charge in [0.1, 0.15) is 0 Å². The van der Waals surface area contributed by atoms with E-state index in [0.717, 1.165) is 11.4 Å². The number of hydrogen-bond donors (Lipinski definition) is 2. The number of aliphatic carboxylic acids is 2. The third-order valence-electron chi connectivity index (χ3n) is 1.93. The first-order valence-corrected chi connectivity index (χ1v) is 6.68. The van der Waals surface area contributed by atoms with Crippen LogP contribution in [0, 0.1) is 15.3 Å². The largest absolute Gasteiger partial charge is 3.00 e. The Labute approximate surface area is 164 Å². The van der Waals surface area contributed by atoms with Crippen LogP contribution in [-0.2, 0) is 26.4 Å². The van der Waals surface area contributed by atoms with Crippen LogP contribution in [0.25, 0.3) is 11.4 Å². The van der Waals surface area contributed by atoms with Gasteiger partial charge in [0.25, 0.3) is 0 Å². The molecule has 13 heteroatoms. The summed E-state index contributed by atoms with van der Waals surface area (Å²) < 4.78 is 0. The number of carbonyl (C=O) groups is 2. The second-order valence-corrected chi connectivity index (χ2v) is 3.81. The second-order valence-electron chi connectivity index (χ2n) is 3.81.